The Morgan fingerprint density at radius 1 is 1.25 bits per heavy atom. The van der Waals surface area contributed by atoms with E-state index in [1.165, 1.54) is 0 Å². The molecule has 4 rings (SSSR count). The van der Waals surface area contributed by atoms with Gasteiger partial charge in [0.2, 0.25) is 11.8 Å². The van der Waals surface area contributed by atoms with Gasteiger partial charge in [-0.3, -0.25) is 14.4 Å². The van der Waals surface area contributed by atoms with Gasteiger partial charge in [0.15, 0.2) is 5.78 Å². The normalized spacial score (nSPS) is 21.6. The van der Waals surface area contributed by atoms with Crippen LogP contribution in [-0.2, 0) is 20.8 Å². The zero-order valence-corrected chi connectivity index (χ0v) is 18.8. The van der Waals surface area contributed by atoms with E-state index in [2.05, 4.69) is 16.7 Å². The zero-order chi connectivity index (χ0) is 22.7. The van der Waals surface area contributed by atoms with Crippen molar-refractivity contribution in [1.29, 1.82) is 5.26 Å². The maximum Gasteiger partial charge on any atom is 0.248 e. The van der Waals surface area contributed by atoms with Crippen molar-refractivity contribution >= 4 is 35.3 Å². The number of nitriles is 1. The molecule has 6 nitrogen and oxygen atoms in total. The number of hydrogen-bond acceptors (Lipinski definition) is 4. The molecular formula is C25H28ClN3O3. The first-order valence-electron chi connectivity index (χ1n) is 11.4. The zero-order valence-electron chi connectivity index (χ0n) is 18.0. The van der Waals surface area contributed by atoms with Crippen LogP contribution in [0.3, 0.4) is 0 Å². The number of benzene rings is 1. The average Bonchev–Trinajstić information content (AvgIpc) is 3.49. The van der Waals surface area contributed by atoms with Gasteiger partial charge in [-0.1, -0.05) is 30.5 Å². The third-order valence-corrected chi connectivity index (χ3v) is 6.90. The van der Waals surface area contributed by atoms with Crippen LogP contribution >= 0.6 is 11.6 Å². The van der Waals surface area contributed by atoms with E-state index >= 15 is 0 Å². The number of Topliss-reactive ketones (excluding diaryl/α,β-unsaturated/α-hetero) is 1. The number of halogens is 1. The summed E-state index contributed by atoms with van der Waals surface area (Å²) in [6.45, 7) is 0.674. The van der Waals surface area contributed by atoms with Crippen molar-refractivity contribution in [3.05, 3.63) is 39.9 Å². The summed E-state index contributed by atoms with van der Waals surface area (Å²) in [5, 5.41) is 16.0. The van der Waals surface area contributed by atoms with Crippen LogP contribution in [0.2, 0.25) is 5.02 Å². The summed E-state index contributed by atoms with van der Waals surface area (Å²) in [6.07, 6.45) is 7.17. The molecule has 3 aliphatic rings. The number of nitrogens with zero attached hydrogens (tertiary/aromatic N) is 1. The Hall–Kier alpha value is -2.65. The molecule has 1 heterocycles. The molecule has 1 aliphatic heterocycles. The van der Waals surface area contributed by atoms with Crippen molar-refractivity contribution in [3.63, 3.8) is 0 Å². The number of rotatable bonds is 9. The second-order valence-corrected chi connectivity index (χ2v) is 9.69. The van der Waals surface area contributed by atoms with Crippen LogP contribution in [0.4, 0.5) is 0 Å². The van der Waals surface area contributed by atoms with Crippen molar-refractivity contribution < 1.29 is 14.4 Å². The first-order chi connectivity index (χ1) is 15.4. The Bertz CT molecular complexity index is 993. The van der Waals surface area contributed by atoms with Gasteiger partial charge in [0, 0.05) is 35.9 Å². The predicted molar refractivity (Wildman–Crippen MR) is 121 cm³/mol. The highest BCUT2D eigenvalue weighted by Gasteiger charge is 2.33. The molecule has 2 fully saturated rings. The fraction of sp³-hybridized carbons (Fsp3) is 0.520. The molecular weight excluding hydrogens is 426 g/mol. The van der Waals surface area contributed by atoms with Crippen LogP contribution in [0.25, 0.3) is 6.08 Å². The number of fused-ring (bicyclic) bond motifs is 1. The van der Waals surface area contributed by atoms with E-state index < -0.39 is 12.0 Å². The number of hydrogen-bond donors (Lipinski definition) is 2. The number of carbonyl (C=O) groups excluding carboxylic acids is 3. The topological polar surface area (TPSA) is 99.1 Å². The van der Waals surface area contributed by atoms with Crippen molar-refractivity contribution in [2.24, 2.45) is 17.8 Å². The Labute approximate surface area is 193 Å². The molecule has 0 aromatic heterocycles. The third-order valence-electron chi connectivity index (χ3n) is 6.67. The Balaban J connectivity index is 1.38. The lowest BCUT2D eigenvalue weighted by molar-refractivity contribution is -0.128. The van der Waals surface area contributed by atoms with Crippen molar-refractivity contribution in [1.82, 2.24) is 10.6 Å². The van der Waals surface area contributed by atoms with Crippen LogP contribution < -0.4 is 10.6 Å². The summed E-state index contributed by atoms with van der Waals surface area (Å²) in [7, 11) is 0. The lowest BCUT2D eigenvalue weighted by Gasteiger charge is -2.24. The van der Waals surface area contributed by atoms with Gasteiger partial charge >= 0.3 is 0 Å². The third kappa shape index (κ3) is 5.58. The second-order valence-electron chi connectivity index (χ2n) is 9.26. The minimum absolute atomic E-state index is 0.0281. The highest BCUT2D eigenvalue weighted by molar-refractivity contribution is 6.30. The summed E-state index contributed by atoms with van der Waals surface area (Å²) in [5.74, 6) is -0.676. The fourth-order valence-electron chi connectivity index (χ4n) is 4.64. The van der Waals surface area contributed by atoms with Crippen molar-refractivity contribution in [2.75, 3.05) is 6.54 Å². The molecule has 0 unspecified atom stereocenters. The summed E-state index contributed by atoms with van der Waals surface area (Å²) in [4.78, 5) is 38.1. The molecule has 2 aliphatic carbocycles. The SMILES string of the molecule is N#C[C@@H](CC(=O)[C@H](CC1CC1)NC(=O)C1=Cc2ccc(Cl)cc2C1)C[C@@H]1CCCNC1=O. The lowest BCUT2D eigenvalue weighted by atomic mass is 9.85. The summed E-state index contributed by atoms with van der Waals surface area (Å²) in [6, 6.07) is 7.17. The van der Waals surface area contributed by atoms with Crippen LogP contribution in [-0.4, -0.2) is 30.2 Å². The minimum Gasteiger partial charge on any atom is -0.356 e. The molecule has 1 aromatic rings. The molecule has 168 valence electrons. The molecule has 7 heteroatoms. The molecule has 0 radical (unpaired) electrons. The Morgan fingerprint density at radius 3 is 2.78 bits per heavy atom. The van der Waals surface area contributed by atoms with Crippen LogP contribution in [0.15, 0.2) is 23.8 Å². The van der Waals surface area contributed by atoms with E-state index in [4.69, 9.17) is 11.6 Å². The second kappa shape index (κ2) is 9.87. The molecule has 0 spiro atoms. The standard InChI is InChI=1S/C25H28ClN3O3/c26-21-6-5-17-11-20(12-19(17)13-21)25(32)29-22(9-15-3-4-15)23(30)10-16(14-27)8-18-2-1-7-28-24(18)31/h5-6,11,13,15-16,18,22H,1-4,7-10,12H2,(H,28,31)(H,29,32)/t16-,18+,22+/m1/s1. The van der Waals surface area contributed by atoms with Gasteiger partial charge in [0.1, 0.15) is 0 Å². The lowest BCUT2D eigenvalue weighted by Crippen LogP contribution is -2.43. The van der Waals surface area contributed by atoms with Gasteiger partial charge in [-0.05, 0) is 60.9 Å². The van der Waals surface area contributed by atoms with Gasteiger partial charge in [-0.15, -0.1) is 0 Å². The largest absolute Gasteiger partial charge is 0.356 e. The Kier molecular flexibility index (Phi) is 6.95. The van der Waals surface area contributed by atoms with E-state index in [1.807, 2.05) is 18.2 Å². The highest BCUT2D eigenvalue weighted by Crippen LogP contribution is 2.35. The van der Waals surface area contributed by atoms with E-state index in [1.54, 1.807) is 6.07 Å². The predicted octanol–water partition coefficient (Wildman–Crippen LogP) is 3.58. The summed E-state index contributed by atoms with van der Waals surface area (Å²) in [5.41, 5.74) is 2.59. The van der Waals surface area contributed by atoms with Gasteiger partial charge in [0.05, 0.1) is 18.0 Å². The number of carbonyl (C=O) groups is 3. The molecule has 1 aromatic carbocycles. The van der Waals surface area contributed by atoms with Crippen molar-refractivity contribution in [3.8, 4) is 6.07 Å². The van der Waals surface area contributed by atoms with E-state index in [-0.39, 0.29) is 29.9 Å². The molecule has 1 saturated carbocycles. The van der Waals surface area contributed by atoms with E-state index in [0.717, 1.165) is 36.8 Å². The molecule has 32 heavy (non-hydrogen) atoms. The fourth-order valence-corrected chi connectivity index (χ4v) is 4.83. The number of ketones is 1. The summed E-state index contributed by atoms with van der Waals surface area (Å²) < 4.78 is 0. The maximum absolute atomic E-state index is 13.1. The summed E-state index contributed by atoms with van der Waals surface area (Å²) >= 11 is 6.06. The van der Waals surface area contributed by atoms with E-state index in [9.17, 15) is 19.6 Å². The quantitative estimate of drug-likeness (QED) is 0.596. The van der Waals surface area contributed by atoms with Gasteiger partial charge in [0.25, 0.3) is 0 Å². The van der Waals surface area contributed by atoms with Gasteiger partial charge < -0.3 is 10.6 Å². The van der Waals surface area contributed by atoms with Crippen molar-refractivity contribution in [2.45, 2.75) is 57.4 Å². The first-order valence-corrected chi connectivity index (χ1v) is 11.8. The van der Waals surface area contributed by atoms with Gasteiger partial charge in [-0.25, -0.2) is 0 Å². The molecule has 1 saturated heterocycles. The maximum atomic E-state index is 13.1. The Morgan fingerprint density at radius 2 is 2.06 bits per heavy atom. The van der Waals surface area contributed by atoms with Crippen LogP contribution in [0.1, 0.15) is 56.1 Å². The molecule has 0 bridgehead atoms. The molecule has 3 atom stereocenters. The molecule has 2 amide bonds. The number of nitrogens with one attached hydrogen (secondary N) is 2. The number of amides is 2. The average molecular weight is 454 g/mol. The molecule has 2 N–H and O–H groups in total. The smallest absolute Gasteiger partial charge is 0.248 e. The monoisotopic (exact) mass is 453 g/mol. The van der Waals surface area contributed by atoms with Crippen LogP contribution in [0, 0.1) is 29.1 Å². The van der Waals surface area contributed by atoms with Gasteiger partial charge in [-0.2, -0.15) is 5.26 Å². The first kappa shape index (κ1) is 22.5. The van der Waals surface area contributed by atoms with E-state index in [0.29, 0.717) is 42.3 Å². The highest BCUT2D eigenvalue weighted by atomic mass is 35.5. The van der Waals surface area contributed by atoms with Crippen LogP contribution in [0.5, 0.6) is 0 Å². The number of piperidine rings is 1. The minimum atomic E-state index is -0.598.